The van der Waals surface area contributed by atoms with Crippen LogP contribution in [0, 0.1) is 22.7 Å². The van der Waals surface area contributed by atoms with Crippen LogP contribution in [0.3, 0.4) is 0 Å². The molecule has 2 heterocycles. The fourth-order valence-electron chi connectivity index (χ4n) is 7.18. The number of esters is 1. The van der Waals surface area contributed by atoms with Crippen LogP contribution in [0.25, 0.3) is 0 Å². The van der Waals surface area contributed by atoms with E-state index in [1.165, 1.54) is 18.1 Å². The van der Waals surface area contributed by atoms with E-state index in [1.54, 1.807) is 0 Å². The molecule has 5 heteroatoms. The average Bonchev–Trinajstić information content (AvgIpc) is 2.86. The Bertz CT molecular complexity index is 589. The van der Waals surface area contributed by atoms with Gasteiger partial charge in [-0.05, 0) is 49.7 Å². The SMILES string of the molecule is CC[C@H]1C(C)(C)[C@H](O[Si](CC)(CC)CC)C[C@H]2C(C)(C)O[C@H]3CC(=O)OC[C@]321. The third-order valence-corrected chi connectivity index (χ3v) is 13.6. The van der Waals surface area contributed by atoms with Gasteiger partial charge in [-0.25, -0.2) is 0 Å². The number of hydrogen-bond donors (Lipinski definition) is 0. The smallest absolute Gasteiger partial charge is 0.308 e. The summed E-state index contributed by atoms with van der Waals surface area (Å²) in [6, 6.07) is 3.54. The monoisotopic (exact) mass is 410 g/mol. The summed E-state index contributed by atoms with van der Waals surface area (Å²) >= 11 is 0. The van der Waals surface area contributed by atoms with Gasteiger partial charge in [0.2, 0.25) is 0 Å². The summed E-state index contributed by atoms with van der Waals surface area (Å²) in [7, 11) is -1.71. The minimum atomic E-state index is -1.71. The van der Waals surface area contributed by atoms with Gasteiger partial charge < -0.3 is 13.9 Å². The van der Waals surface area contributed by atoms with Crippen molar-refractivity contribution in [2.45, 2.75) is 111 Å². The normalized spacial score (nSPS) is 39.2. The quantitative estimate of drug-likeness (QED) is 0.425. The molecule has 2 aliphatic heterocycles. The van der Waals surface area contributed by atoms with Crippen LogP contribution in [0.1, 0.15) is 74.7 Å². The first-order chi connectivity index (χ1) is 13.0. The molecule has 4 nitrogen and oxygen atoms in total. The zero-order valence-electron chi connectivity index (χ0n) is 19.4. The van der Waals surface area contributed by atoms with Crippen molar-refractivity contribution in [2.24, 2.45) is 22.7 Å². The van der Waals surface area contributed by atoms with Crippen LogP contribution < -0.4 is 0 Å². The third-order valence-electron chi connectivity index (χ3n) is 8.93. The molecule has 1 aliphatic carbocycles. The highest BCUT2D eigenvalue weighted by Gasteiger charge is 2.71. The van der Waals surface area contributed by atoms with E-state index in [9.17, 15) is 4.79 Å². The van der Waals surface area contributed by atoms with Crippen molar-refractivity contribution in [1.29, 1.82) is 0 Å². The Labute approximate surface area is 173 Å². The Balaban J connectivity index is 2.03. The van der Waals surface area contributed by atoms with Gasteiger partial charge in [-0.2, -0.15) is 0 Å². The molecule has 0 bridgehead atoms. The third kappa shape index (κ3) is 3.11. The van der Waals surface area contributed by atoms with Crippen molar-refractivity contribution < 1.29 is 18.7 Å². The minimum absolute atomic E-state index is 0.0237. The Morgan fingerprint density at radius 2 is 1.68 bits per heavy atom. The van der Waals surface area contributed by atoms with Crippen molar-refractivity contribution in [3.8, 4) is 0 Å². The van der Waals surface area contributed by atoms with Gasteiger partial charge in [0.25, 0.3) is 0 Å². The Morgan fingerprint density at radius 3 is 2.21 bits per heavy atom. The maximum Gasteiger partial charge on any atom is 0.308 e. The summed E-state index contributed by atoms with van der Waals surface area (Å²) in [5.74, 6) is 0.673. The molecule has 0 N–H and O–H groups in total. The van der Waals surface area contributed by atoms with E-state index >= 15 is 0 Å². The summed E-state index contributed by atoms with van der Waals surface area (Å²) in [6.07, 6.45) is 2.70. The maximum absolute atomic E-state index is 12.1. The fraction of sp³-hybridized carbons (Fsp3) is 0.957. The zero-order chi connectivity index (χ0) is 21.0. The lowest BCUT2D eigenvalue weighted by Crippen LogP contribution is -2.64. The molecular weight excluding hydrogens is 368 g/mol. The number of ether oxygens (including phenoxy) is 2. The zero-order valence-corrected chi connectivity index (χ0v) is 20.4. The molecular formula is C23H42O4Si. The summed E-state index contributed by atoms with van der Waals surface area (Å²) in [4.78, 5) is 12.1. The van der Waals surface area contributed by atoms with E-state index < -0.39 is 8.32 Å². The molecule has 1 saturated carbocycles. The predicted molar refractivity (Wildman–Crippen MR) is 115 cm³/mol. The molecule has 0 radical (unpaired) electrons. The second-order valence-electron chi connectivity index (χ2n) is 10.6. The van der Waals surface area contributed by atoms with Crippen LogP contribution >= 0.6 is 0 Å². The van der Waals surface area contributed by atoms with Gasteiger partial charge in [0, 0.05) is 11.3 Å². The number of carbonyl (C=O) groups is 1. The van der Waals surface area contributed by atoms with Gasteiger partial charge in [0.1, 0.15) is 6.61 Å². The lowest BCUT2D eigenvalue weighted by atomic mass is 9.47. The summed E-state index contributed by atoms with van der Waals surface area (Å²) in [6.45, 7) is 19.0. The summed E-state index contributed by atoms with van der Waals surface area (Å²) < 4.78 is 19.5. The van der Waals surface area contributed by atoms with Gasteiger partial charge in [-0.3, -0.25) is 4.79 Å². The van der Waals surface area contributed by atoms with E-state index in [4.69, 9.17) is 13.9 Å². The van der Waals surface area contributed by atoms with Gasteiger partial charge in [-0.15, -0.1) is 0 Å². The van der Waals surface area contributed by atoms with Crippen molar-refractivity contribution in [3.05, 3.63) is 0 Å². The first-order valence-corrected chi connectivity index (χ1v) is 14.1. The van der Waals surface area contributed by atoms with E-state index in [1.807, 2.05) is 0 Å². The molecule has 0 aromatic heterocycles. The van der Waals surface area contributed by atoms with Gasteiger partial charge in [0.05, 0.1) is 24.2 Å². The van der Waals surface area contributed by atoms with Crippen LogP contribution in [-0.4, -0.2) is 38.7 Å². The summed E-state index contributed by atoms with van der Waals surface area (Å²) in [5, 5.41) is 0. The molecule has 1 spiro atoms. The lowest BCUT2D eigenvalue weighted by molar-refractivity contribution is -0.193. The first kappa shape index (κ1) is 22.3. The molecule has 0 amide bonds. The van der Waals surface area contributed by atoms with Crippen molar-refractivity contribution in [2.75, 3.05) is 6.61 Å². The van der Waals surface area contributed by atoms with Crippen LogP contribution in [0.5, 0.6) is 0 Å². The second-order valence-corrected chi connectivity index (χ2v) is 15.3. The molecule has 3 aliphatic rings. The van der Waals surface area contributed by atoms with Crippen molar-refractivity contribution in [1.82, 2.24) is 0 Å². The minimum Gasteiger partial charge on any atom is -0.465 e. The number of hydrogen-bond acceptors (Lipinski definition) is 4. The van der Waals surface area contributed by atoms with E-state index in [0.717, 1.165) is 12.8 Å². The van der Waals surface area contributed by atoms with Gasteiger partial charge >= 0.3 is 5.97 Å². The first-order valence-electron chi connectivity index (χ1n) is 11.5. The topological polar surface area (TPSA) is 44.8 Å². The average molecular weight is 411 g/mol. The molecule has 5 atom stereocenters. The van der Waals surface area contributed by atoms with Gasteiger partial charge in [-0.1, -0.05) is 48.0 Å². The van der Waals surface area contributed by atoms with E-state index in [0.29, 0.717) is 24.9 Å². The van der Waals surface area contributed by atoms with Crippen LogP contribution in [0.15, 0.2) is 0 Å². The van der Waals surface area contributed by atoms with Crippen LogP contribution in [0.4, 0.5) is 0 Å². The Morgan fingerprint density at radius 1 is 1.07 bits per heavy atom. The highest BCUT2D eigenvalue weighted by molar-refractivity contribution is 6.73. The van der Waals surface area contributed by atoms with Crippen LogP contribution in [-0.2, 0) is 18.7 Å². The van der Waals surface area contributed by atoms with Crippen molar-refractivity contribution >= 4 is 14.3 Å². The lowest BCUT2D eigenvalue weighted by Gasteiger charge is -2.60. The van der Waals surface area contributed by atoms with Gasteiger partial charge in [0.15, 0.2) is 8.32 Å². The molecule has 0 unspecified atom stereocenters. The van der Waals surface area contributed by atoms with E-state index in [2.05, 4.69) is 55.4 Å². The Hall–Kier alpha value is -0.393. The largest absolute Gasteiger partial charge is 0.465 e. The number of carbonyl (C=O) groups excluding carboxylic acids is 1. The van der Waals surface area contributed by atoms with Crippen LogP contribution in [0.2, 0.25) is 18.1 Å². The van der Waals surface area contributed by atoms with E-state index in [-0.39, 0.29) is 34.6 Å². The highest BCUT2D eigenvalue weighted by Crippen LogP contribution is 2.66. The highest BCUT2D eigenvalue weighted by atomic mass is 28.4. The standard InChI is InChI=1S/C23H42O4Si/c1-9-16-21(5,6)18(27-28(10-2,11-3)12-4)13-17-22(7,8)26-19-14-20(24)25-15-23(16,17)19/h16-19H,9-15H2,1-8H3/t16-,17-,18+,19-,23+/m0/s1. The number of cyclic esters (lactones) is 1. The summed E-state index contributed by atoms with van der Waals surface area (Å²) in [5.41, 5.74) is -0.293. The second kappa shape index (κ2) is 7.38. The Kier molecular flexibility index (Phi) is 5.88. The maximum atomic E-state index is 12.1. The predicted octanol–water partition coefficient (Wildman–Crippen LogP) is 5.56. The fourth-order valence-corrected chi connectivity index (χ4v) is 10.2. The molecule has 162 valence electrons. The molecule has 0 aromatic carbocycles. The molecule has 3 rings (SSSR count). The molecule has 2 saturated heterocycles. The van der Waals surface area contributed by atoms with Crippen molar-refractivity contribution in [3.63, 3.8) is 0 Å². The molecule has 28 heavy (non-hydrogen) atoms. The molecule has 3 fully saturated rings. The number of rotatable bonds is 6. The molecule has 0 aromatic rings.